The van der Waals surface area contributed by atoms with Gasteiger partial charge in [0.05, 0.1) is 6.61 Å². The van der Waals surface area contributed by atoms with E-state index >= 15 is 0 Å². The molecule has 0 bridgehead atoms. The number of halogens is 3. The molecular formula is C8H11F3N2O2. The summed E-state index contributed by atoms with van der Waals surface area (Å²) in [5.74, 6) is 0.0689. The molecule has 0 aliphatic carbocycles. The molecule has 15 heavy (non-hydrogen) atoms. The van der Waals surface area contributed by atoms with Crippen LogP contribution in [0.15, 0.2) is 6.07 Å². The lowest BCUT2D eigenvalue weighted by molar-refractivity contribution is -0.141. The minimum absolute atomic E-state index is 0.0689. The second-order valence-electron chi connectivity index (χ2n) is 2.83. The summed E-state index contributed by atoms with van der Waals surface area (Å²) in [6.07, 6.45) is -4.44. The van der Waals surface area contributed by atoms with Crippen LogP contribution in [-0.4, -0.2) is 30.1 Å². The highest BCUT2D eigenvalue weighted by Gasteiger charge is 2.34. The van der Waals surface area contributed by atoms with E-state index in [2.05, 4.69) is 5.10 Å². The lowest BCUT2D eigenvalue weighted by atomic mass is 10.4. The Hall–Kier alpha value is -1.24. The number of nitrogens with zero attached hydrogens (tertiary/aromatic N) is 2. The summed E-state index contributed by atoms with van der Waals surface area (Å²) >= 11 is 0. The molecule has 0 fully saturated rings. The van der Waals surface area contributed by atoms with Gasteiger partial charge in [0.15, 0.2) is 5.69 Å². The van der Waals surface area contributed by atoms with Crippen molar-refractivity contribution in [2.75, 3.05) is 20.3 Å². The molecule has 0 amide bonds. The molecule has 0 aliphatic rings. The zero-order valence-corrected chi connectivity index (χ0v) is 8.34. The van der Waals surface area contributed by atoms with Gasteiger partial charge in [-0.2, -0.15) is 18.3 Å². The molecule has 1 heterocycles. The number of hydrogen-bond acceptors (Lipinski definition) is 3. The second-order valence-corrected chi connectivity index (χ2v) is 2.83. The summed E-state index contributed by atoms with van der Waals surface area (Å²) in [5.41, 5.74) is -0.961. The highest BCUT2D eigenvalue weighted by Crippen LogP contribution is 2.30. The molecule has 0 aliphatic heterocycles. The number of rotatable bonds is 4. The van der Waals surface area contributed by atoms with Crippen LogP contribution in [0.4, 0.5) is 13.2 Å². The fourth-order valence-electron chi connectivity index (χ4n) is 0.953. The summed E-state index contributed by atoms with van der Waals surface area (Å²) in [6, 6.07) is 0.857. The highest BCUT2D eigenvalue weighted by atomic mass is 19.4. The van der Waals surface area contributed by atoms with Gasteiger partial charge in [-0.25, -0.2) is 4.68 Å². The van der Waals surface area contributed by atoms with Gasteiger partial charge < -0.3 is 9.47 Å². The quantitative estimate of drug-likeness (QED) is 0.726. The third-order valence-corrected chi connectivity index (χ3v) is 1.66. The van der Waals surface area contributed by atoms with Crippen molar-refractivity contribution in [3.8, 4) is 5.88 Å². The van der Waals surface area contributed by atoms with Crippen molar-refractivity contribution in [2.45, 2.75) is 6.18 Å². The Morgan fingerprint density at radius 1 is 1.40 bits per heavy atom. The molecule has 0 aromatic carbocycles. The van der Waals surface area contributed by atoms with E-state index in [1.807, 2.05) is 0 Å². The van der Waals surface area contributed by atoms with Gasteiger partial charge in [-0.05, 0) is 0 Å². The Kier molecular flexibility index (Phi) is 3.57. The molecule has 0 N–H and O–H groups in total. The normalized spacial score (nSPS) is 11.8. The fourth-order valence-corrected chi connectivity index (χ4v) is 0.953. The average molecular weight is 224 g/mol. The number of hydrogen-bond donors (Lipinski definition) is 0. The number of alkyl halides is 3. The van der Waals surface area contributed by atoms with Crippen molar-refractivity contribution in [3.05, 3.63) is 11.8 Å². The van der Waals surface area contributed by atoms with Crippen LogP contribution in [0.1, 0.15) is 5.69 Å². The lowest BCUT2D eigenvalue weighted by Crippen LogP contribution is -2.07. The van der Waals surface area contributed by atoms with Crippen molar-refractivity contribution in [1.82, 2.24) is 9.78 Å². The molecule has 1 rings (SSSR count). The third-order valence-electron chi connectivity index (χ3n) is 1.66. The van der Waals surface area contributed by atoms with E-state index in [1.165, 1.54) is 14.2 Å². The first-order valence-electron chi connectivity index (χ1n) is 4.18. The fraction of sp³-hybridized carbons (Fsp3) is 0.625. The van der Waals surface area contributed by atoms with Crippen LogP contribution < -0.4 is 4.74 Å². The first kappa shape index (κ1) is 11.8. The smallest absolute Gasteiger partial charge is 0.435 e. The molecule has 0 atom stereocenters. The maximum Gasteiger partial charge on any atom is 0.435 e. The van der Waals surface area contributed by atoms with Gasteiger partial charge in [0, 0.05) is 20.2 Å². The summed E-state index contributed by atoms with van der Waals surface area (Å²) in [5, 5.41) is 3.29. The Balaban J connectivity index is 2.69. The standard InChI is InChI=1S/C8H11F3N2O2/c1-13-7(15-4-3-14-2)5-6(12-13)8(9,10)11/h5H,3-4H2,1-2H3. The lowest BCUT2D eigenvalue weighted by Gasteiger charge is -2.03. The Morgan fingerprint density at radius 3 is 2.53 bits per heavy atom. The minimum Gasteiger partial charge on any atom is -0.475 e. The molecule has 0 unspecified atom stereocenters. The molecule has 0 radical (unpaired) electrons. The van der Waals surface area contributed by atoms with Crippen LogP contribution in [0, 0.1) is 0 Å². The van der Waals surface area contributed by atoms with Crippen molar-refractivity contribution >= 4 is 0 Å². The SMILES string of the molecule is COCCOc1cc(C(F)(F)F)nn1C. The molecule has 7 heteroatoms. The summed E-state index contributed by atoms with van der Waals surface area (Å²) < 4.78 is 47.4. The highest BCUT2D eigenvalue weighted by molar-refractivity contribution is 5.18. The zero-order valence-electron chi connectivity index (χ0n) is 8.34. The van der Waals surface area contributed by atoms with Crippen molar-refractivity contribution < 1.29 is 22.6 Å². The van der Waals surface area contributed by atoms with E-state index in [0.29, 0.717) is 6.61 Å². The Morgan fingerprint density at radius 2 is 2.07 bits per heavy atom. The zero-order chi connectivity index (χ0) is 11.5. The average Bonchev–Trinajstić information content (AvgIpc) is 2.48. The summed E-state index contributed by atoms with van der Waals surface area (Å²) in [7, 11) is 2.87. The van der Waals surface area contributed by atoms with Gasteiger partial charge in [0.1, 0.15) is 6.61 Å². The maximum absolute atomic E-state index is 12.2. The van der Waals surface area contributed by atoms with E-state index in [-0.39, 0.29) is 12.5 Å². The van der Waals surface area contributed by atoms with Crippen molar-refractivity contribution in [1.29, 1.82) is 0 Å². The predicted octanol–water partition coefficient (Wildman–Crippen LogP) is 1.46. The molecule has 0 saturated carbocycles. The Bertz CT molecular complexity index is 322. The molecule has 4 nitrogen and oxygen atoms in total. The number of methoxy groups -OCH3 is 1. The Labute approximate surface area is 84.6 Å². The maximum atomic E-state index is 12.2. The summed E-state index contributed by atoms with van der Waals surface area (Å²) in [6.45, 7) is 0.500. The number of aryl methyl sites for hydroxylation is 1. The van der Waals surface area contributed by atoms with E-state index in [9.17, 15) is 13.2 Å². The number of ether oxygens (including phenoxy) is 2. The second kappa shape index (κ2) is 4.52. The molecule has 0 spiro atoms. The van der Waals surface area contributed by atoms with Crippen LogP contribution in [-0.2, 0) is 18.0 Å². The van der Waals surface area contributed by atoms with Gasteiger partial charge in [0.25, 0.3) is 0 Å². The molecule has 0 saturated heterocycles. The first-order chi connectivity index (χ1) is 6.95. The molecule has 1 aromatic heterocycles. The molecule has 86 valence electrons. The summed E-state index contributed by atoms with van der Waals surface area (Å²) in [4.78, 5) is 0. The van der Waals surface area contributed by atoms with Crippen LogP contribution in [0.25, 0.3) is 0 Å². The van der Waals surface area contributed by atoms with Crippen molar-refractivity contribution in [2.24, 2.45) is 7.05 Å². The van der Waals surface area contributed by atoms with Crippen LogP contribution >= 0.6 is 0 Å². The van der Waals surface area contributed by atoms with E-state index in [1.54, 1.807) is 0 Å². The predicted molar refractivity (Wildman–Crippen MR) is 45.6 cm³/mol. The van der Waals surface area contributed by atoms with Gasteiger partial charge >= 0.3 is 6.18 Å². The van der Waals surface area contributed by atoms with Crippen LogP contribution in [0.5, 0.6) is 5.88 Å². The van der Waals surface area contributed by atoms with Gasteiger partial charge in [-0.1, -0.05) is 0 Å². The first-order valence-corrected chi connectivity index (χ1v) is 4.18. The van der Waals surface area contributed by atoms with E-state index < -0.39 is 11.9 Å². The molecule has 1 aromatic rings. The number of aromatic nitrogens is 2. The monoisotopic (exact) mass is 224 g/mol. The van der Waals surface area contributed by atoms with Gasteiger partial charge in [-0.15, -0.1) is 0 Å². The van der Waals surface area contributed by atoms with Crippen LogP contribution in [0.3, 0.4) is 0 Å². The third kappa shape index (κ3) is 3.12. The van der Waals surface area contributed by atoms with Gasteiger partial charge in [-0.3, -0.25) is 0 Å². The minimum atomic E-state index is -4.44. The van der Waals surface area contributed by atoms with Gasteiger partial charge in [0.2, 0.25) is 5.88 Å². The van der Waals surface area contributed by atoms with Crippen LogP contribution in [0.2, 0.25) is 0 Å². The van der Waals surface area contributed by atoms with E-state index in [4.69, 9.17) is 9.47 Å². The van der Waals surface area contributed by atoms with E-state index in [0.717, 1.165) is 10.7 Å². The van der Waals surface area contributed by atoms with Crippen molar-refractivity contribution in [3.63, 3.8) is 0 Å². The largest absolute Gasteiger partial charge is 0.475 e. The molecular weight excluding hydrogens is 213 g/mol. The topological polar surface area (TPSA) is 36.3 Å².